The minimum atomic E-state index is -0.912. The maximum atomic E-state index is 11.9. The molecule has 0 bridgehead atoms. The molecule has 0 aromatic rings. The molecule has 1 amide bonds. The second-order valence-electron chi connectivity index (χ2n) is 4.62. The van der Waals surface area contributed by atoms with Crippen molar-refractivity contribution < 1.29 is 14.7 Å². The second-order valence-corrected chi connectivity index (χ2v) is 4.62. The number of carboxylic acids is 1. The Morgan fingerprint density at radius 3 is 2.38 bits per heavy atom. The Labute approximate surface area is 96.6 Å². The lowest BCUT2D eigenvalue weighted by Gasteiger charge is -2.25. The summed E-state index contributed by atoms with van der Waals surface area (Å²) in [6, 6.07) is -0.672. The third-order valence-electron chi connectivity index (χ3n) is 3.47. The molecule has 0 aromatic carbocycles. The van der Waals surface area contributed by atoms with Crippen molar-refractivity contribution in [2.24, 2.45) is 5.92 Å². The van der Waals surface area contributed by atoms with Crippen LogP contribution < -0.4 is 0 Å². The van der Waals surface area contributed by atoms with E-state index in [0.717, 1.165) is 12.8 Å². The van der Waals surface area contributed by atoms with Gasteiger partial charge in [0.25, 0.3) is 0 Å². The van der Waals surface area contributed by atoms with E-state index in [1.165, 1.54) is 17.7 Å². The van der Waals surface area contributed by atoms with Gasteiger partial charge < -0.3 is 10.0 Å². The Morgan fingerprint density at radius 1 is 1.38 bits per heavy atom. The Bertz CT molecular complexity index is 259. The number of carbonyl (C=O) groups is 2. The van der Waals surface area contributed by atoms with Crippen LogP contribution in [-0.4, -0.2) is 35.0 Å². The van der Waals surface area contributed by atoms with E-state index < -0.39 is 12.0 Å². The van der Waals surface area contributed by atoms with Gasteiger partial charge in [-0.15, -0.1) is 0 Å². The third kappa shape index (κ3) is 3.22. The van der Waals surface area contributed by atoms with Crippen molar-refractivity contribution in [2.75, 3.05) is 7.05 Å². The molecule has 16 heavy (non-hydrogen) atoms. The van der Waals surface area contributed by atoms with E-state index in [1.54, 1.807) is 14.0 Å². The van der Waals surface area contributed by atoms with Crippen molar-refractivity contribution in [3.05, 3.63) is 0 Å². The largest absolute Gasteiger partial charge is 0.480 e. The first-order chi connectivity index (χ1) is 7.56. The minimum Gasteiger partial charge on any atom is -0.480 e. The van der Waals surface area contributed by atoms with Crippen molar-refractivity contribution in [3.8, 4) is 0 Å². The second kappa shape index (κ2) is 5.87. The van der Waals surface area contributed by atoms with Gasteiger partial charge >= 0.3 is 5.97 Å². The number of hydrogen-bond donors (Lipinski definition) is 1. The van der Waals surface area contributed by atoms with Crippen LogP contribution in [0.2, 0.25) is 0 Å². The molecule has 1 unspecified atom stereocenters. The Balaban J connectivity index is 2.48. The highest BCUT2D eigenvalue weighted by Gasteiger charge is 2.27. The molecule has 0 saturated heterocycles. The molecule has 1 aliphatic carbocycles. The summed E-state index contributed by atoms with van der Waals surface area (Å²) in [5.74, 6) is -0.466. The molecule has 1 atom stereocenters. The van der Waals surface area contributed by atoms with E-state index in [4.69, 9.17) is 5.11 Å². The number of carbonyl (C=O) groups excluding carboxylic acids is 1. The van der Waals surface area contributed by atoms with Gasteiger partial charge in [-0.05, 0) is 25.2 Å². The summed E-state index contributed by atoms with van der Waals surface area (Å²) in [4.78, 5) is 24.2. The lowest BCUT2D eigenvalue weighted by Crippen LogP contribution is -2.42. The zero-order valence-electron chi connectivity index (χ0n) is 10.1. The van der Waals surface area contributed by atoms with Gasteiger partial charge in [0.2, 0.25) is 5.91 Å². The molecule has 0 aliphatic heterocycles. The zero-order valence-corrected chi connectivity index (χ0v) is 10.1. The van der Waals surface area contributed by atoms with Crippen molar-refractivity contribution in [1.29, 1.82) is 0 Å². The molecule has 0 heterocycles. The van der Waals surface area contributed by atoms with Gasteiger partial charge in [-0.2, -0.15) is 0 Å². The topological polar surface area (TPSA) is 57.6 Å². The third-order valence-corrected chi connectivity index (χ3v) is 3.47. The van der Waals surface area contributed by atoms with E-state index in [2.05, 4.69) is 0 Å². The van der Waals surface area contributed by atoms with Gasteiger partial charge in [-0.3, -0.25) is 4.79 Å². The van der Waals surface area contributed by atoms with Crippen LogP contribution in [-0.2, 0) is 9.59 Å². The molecule has 1 saturated carbocycles. The summed E-state index contributed by atoms with van der Waals surface area (Å²) in [5.41, 5.74) is 0. The molecular formula is C12H21NO3. The number of hydrogen-bond acceptors (Lipinski definition) is 2. The van der Waals surface area contributed by atoms with Crippen LogP contribution in [0.25, 0.3) is 0 Å². The smallest absolute Gasteiger partial charge is 0.326 e. The van der Waals surface area contributed by atoms with Gasteiger partial charge in [-0.1, -0.05) is 19.8 Å². The molecule has 4 nitrogen and oxygen atoms in total. The SMILES string of the molecule is CCC(C(=O)O)N(C)C(=O)CC1CCCC1. The molecule has 1 N–H and O–H groups in total. The first-order valence-corrected chi connectivity index (χ1v) is 6.04. The van der Waals surface area contributed by atoms with Crippen LogP contribution in [0.1, 0.15) is 45.4 Å². The fraction of sp³-hybridized carbons (Fsp3) is 0.833. The molecule has 0 spiro atoms. The molecule has 0 aromatic heterocycles. The maximum Gasteiger partial charge on any atom is 0.326 e. The van der Waals surface area contributed by atoms with E-state index in [9.17, 15) is 9.59 Å². The van der Waals surface area contributed by atoms with Crippen LogP contribution in [0.4, 0.5) is 0 Å². The average molecular weight is 227 g/mol. The summed E-state index contributed by atoms with van der Waals surface area (Å²) >= 11 is 0. The summed E-state index contributed by atoms with van der Waals surface area (Å²) in [6.45, 7) is 1.79. The minimum absolute atomic E-state index is 0.0267. The Kier molecular flexibility index (Phi) is 4.77. The maximum absolute atomic E-state index is 11.9. The summed E-state index contributed by atoms with van der Waals surface area (Å²) in [6.07, 6.45) is 5.62. The molecule has 1 fully saturated rings. The number of rotatable bonds is 5. The normalized spacial score (nSPS) is 18.4. The molecule has 0 radical (unpaired) electrons. The summed E-state index contributed by atoms with van der Waals surface area (Å²) in [5, 5.41) is 8.96. The molecule has 1 aliphatic rings. The first-order valence-electron chi connectivity index (χ1n) is 6.04. The quantitative estimate of drug-likeness (QED) is 0.780. The van der Waals surface area contributed by atoms with Crippen LogP contribution in [0.15, 0.2) is 0 Å². The highest BCUT2D eigenvalue weighted by Crippen LogP contribution is 2.28. The number of likely N-dealkylation sites (N-methyl/N-ethyl adjacent to an activating group) is 1. The van der Waals surface area contributed by atoms with Gasteiger partial charge in [0, 0.05) is 13.5 Å². The Hall–Kier alpha value is -1.06. The lowest BCUT2D eigenvalue weighted by molar-refractivity contribution is -0.149. The number of amides is 1. The standard InChI is InChI=1S/C12H21NO3/c1-3-10(12(15)16)13(2)11(14)8-9-6-4-5-7-9/h9-10H,3-8H2,1-2H3,(H,15,16). The van der Waals surface area contributed by atoms with Crippen LogP contribution in [0, 0.1) is 5.92 Å². The predicted molar refractivity (Wildman–Crippen MR) is 61.1 cm³/mol. The van der Waals surface area contributed by atoms with Crippen LogP contribution >= 0.6 is 0 Å². The summed E-state index contributed by atoms with van der Waals surface area (Å²) < 4.78 is 0. The van der Waals surface area contributed by atoms with E-state index in [1.807, 2.05) is 0 Å². The molecule has 1 rings (SSSR count). The van der Waals surface area contributed by atoms with Gasteiger partial charge in [-0.25, -0.2) is 4.79 Å². The summed E-state index contributed by atoms with van der Waals surface area (Å²) in [7, 11) is 1.60. The molecule has 92 valence electrons. The zero-order chi connectivity index (χ0) is 12.1. The lowest BCUT2D eigenvalue weighted by atomic mass is 10.0. The fourth-order valence-electron chi connectivity index (χ4n) is 2.39. The van der Waals surface area contributed by atoms with Gasteiger partial charge in [0.15, 0.2) is 0 Å². The molecule has 4 heteroatoms. The highest BCUT2D eigenvalue weighted by atomic mass is 16.4. The van der Waals surface area contributed by atoms with Crippen molar-refractivity contribution >= 4 is 11.9 Å². The predicted octanol–water partition coefficient (Wildman–Crippen LogP) is 1.89. The van der Waals surface area contributed by atoms with Crippen molar-refractivity contribution in [3.63, 3.8) is 0 Å². The monoisotopic (exact) mass is 227 g/mol. The van der Waals surface area contributed by atoms with Crippen molar-refractivity contribution in [2.45, 2.75) is 51.5 Å². The van der Waals surface area contributed by atoms with Gasteiger partial charge in [0.1, 0.15) is 6.04 Å². The Morgan fingerprint density at radius 2 is 1.94 bits per heavy atom. The average Bonchev–Trinajstić information content (AvgIpc) is 2.70. The first kappa shape index (κ1) is 13.0. The molecular weight excluding hydrogens is 206 g/mol. The fourth-order valence-corrected chi connectivity index (χ4v) is 2.39. The number of nitrogens with zero attached hydrogens (tertiary/aromatic N) is 1. The van der Waals surface area contributed by atoms with E-state index >= 15 is 0 Å². The number of carboxylic acid groups (broad SMARTS) is 1. The number of aliphatic carboxylic acids is 1. The van der Waals surface area contributed by atoms with Crippen LogP contribution in [0.5, 0.6) is 0 Å². The van der Waals surface area contributed by atoms with Crippen molar-refractivity contribution in [1.82, 2.24) is 4.90 Å². The van der Waals surface area contributed by atoms with E-state index in [-0.39, 0.29) is 5.91 Å². The van der Waals surface area contributed by atoms with Gasteiger partial charge in [0.05, 0.1) is 0 Å². The van der Waals surface area contributed by atoms with Crippen LogP contribution in [0.3, 0.4) is 0 Å². The highest BCUT2D eigenvalue weighted by molar-refractivity contribution is 5.83. The van der Waals surface area contributed by atoms with E-state index in [0.29, 0.717) is 18.8 Å².